The Bertz CT molecular complexity index is 1320. The van der Waals surface area contributed by atoms with Gasteiger partial charge in [-0.3, -0.25) is 14.1 Å². The van der Waals surface area contributed by atoms with E-state index in [1.54, 1.807) is 26.0 Å². The zero-order chi connectivity index (χ0) is 26.8. The molecule has 0 spiro atoms. The van der Waals surface area contributed by atoms with Crippen molar-refractivity contribution < 1.29 is 46.0 Å². The van der Waals surface area contributed by atoms with Crippen molar-refractivity contribution in [3.05, 3.63) is 63.9 Å². The van der Waals surface area contributed by atoms with Gasteiger partial charge in [0.1, 0.15) is 29.5 Å². The Morgan fingerprint density at radius 2 is 1.81 bits per heavy atom. The molecule has 1 aliphatic heterocycles. The summed E-state index contributed by atoms with van der Waals surface area (Å²) in [5.41, 5.74) is -0.607. The summed E-state index contributed by atoms with van der Waals surface area (Å²) in [4.78, 5) is 37.4. The third kappa shape index (κ3) is 7.88. The number of hydrogen-bond donors (Lipinski definition) is 2. The summed E-state index contributed by atoms with van der Waals surface area (Å²) in [6, 6.07) is 6.86. The molecule has 0 saturated heterocycles. The Labute approximate surface area is 239 Å². The number of hydrogen-bond acceptors (Lipinski definition) is 8. The molecule has 2 aromatic rings. The number of carbonyl (C=O) groups is 3. The summed E-state index contributed by atoms with van der Waals surface area (Å²) in [7, 11) is -4.38. The van der Waals surface area contributed by atoms with Gasteiger partial charge in [0.2, 0.25) is 0 Å². The molecule has 2 aromatic carbocycles. The molecule has 0 aliphatic carbocycles. The van der Waals surface area contributed by atoms with Crippen LogP contribution in [0.4, 0.5) is 9.18 Å². The Balaban J connectivity index is 0.00000481. The van der Waals surface area contributed by atoms with Crippen LogP contribution in [0.5, 0.6) is 5.75 Å². The van der Waals surface area contributed by atoms with Crippen LogP contribution in [-0.4, -0.2) is 84.4 Å². The third-order valence-corrected chi connectivity index (χ3v) is 6.34. The van der Waals surface area contributed by atoms with Crippen LogP contribution >= 0.6 is 11.6 Å². The van der Waals surface area contributed by atoms with Crippen molar-refractivity contribution in [3.8, 4) is 5.75 Å². The van der Waals surface area contributed by atoms with Crippen LogP contribution in [0.2, 0.25) is 5.02 Å². The summed E-state index contributed by atoms with van der Waals surface area (Å²) < 4.78 is 60.3. The van der Waals surface area contributed by atoms with Crippen LogP contribution in [0.3, 0.4) is 0 Å². The van der Waals surface area contributed by atoms with E-state index >= 15 is 0 Å². The number of Topliss-reactive ketones (excluding diaryl/α,β-unsaturated/α-hetero) is 1. The van der Waals surface area contributed by atoms with Crippen LogP contribution in [0.1, 0.15) is 53.1 Å². The summed E-state index contributed by atoms with van der Waals surface area (Å²) in [6.07, 6.45) is -2.51. The number of benzene rings is 2. The molecule has 1 aliphatic rings. The van der Waals surface area contributed by atoms with Gasteiger partial charge in [0.15, 0.2) is 11.9 Å². The number of ether oxygens (including phenoxy) is 3. The van der Waals surface area contributed by atoms with E-state index < -0.39 is 58.1 Å². The second kappa shape index (κ2) is 12.1. The van der Waals surface area contributed by atoms with Crippen molar-refractivity contribution in [1.29, 1.82) is 0 Å². The number of ketones is 1. The maximum absolute atomic E-state index is 13.6. The molecule has 1 heterocycles. The van der Waals surface area contributed by atoms with E-state index in [4.69, 9.17) is 30.4 Å². The van der Waals surface area contributed by atoms with E-state index in [1.165, 1.54) is 19.1 Å². The molecule has 0 unspecified atom stereocenters. The Kier molecular flexibility index (Phi) is 10.1. The average molecular weight is 568 g/mol. The number of amides is 1. The summed E-state index contributed by atoms with van der Waals surface area (Å²) in [6.45, 7) is 3.84. The number of carbonyl (C=O) groups excluding carboxylic acids is 3. The third-order valence-electron chi connectivity index (χ3n) is 5.37. The van der Waals surface area contributed by atoms with Gasteiger partial charge in [-0.1, -0.05) is 11.6 Å². The van der Waals surface area contributed by atoms with Gasteiger partial charge in [-0.05, 0) is 57.2 Å². The molecule has 1 amide bonds. The van der Waals surface area contributed by atoms with Crippen molar-refractivity contribution in [2.75, 3.05) is 12.4 Å². The van der Waals surface area contributed by atoms with Gasteiger partial charge in [-0.15, -0.1) is 0 Å². The van der Waals surface area contributed by atoms with Gasteiger partial charge in [-0.25, -0.2) is 9.18 Å². The van der Waals surface area contributed by atoms with E-state index in [0.29, 0.717) is 16.9 Å². The molecule has 37 heavy (non-hydrogen) atoms. The monoisotopic (exact) mass is 567 g/mol. The zero-order valence-electron chi connectivity index (χ0n) is 19.4. The average Bonchev–Trinajstić information content (AvgIpc) is 2.76. The topological polar surface area (TPSA) is 145 Å². The summed E-state index contributed by atoms with van der Waals surface area (Å²) >= 11 is 5.80. The quantitative estimate of drug-likeness (QED) is 0.223. The molecule has 0 radical (unpaired) electrons. The predicted molar refractivity (Wildman–Crippen MR) is 133 cm³/mol. The standard InChI is InChI=1S/C23H23ClFNO9S.Na.H/c1-12(27)13-5-7-18-15(10-13)19(26-21(28)14-4-6-17(25)16(24)11-14)20(23(2,3)35-18)34-22(29)33-8-9-36(30,31)32;;/h4-7,10-11,19-20H,8-9H2,1-3H3,(H,26,28)(H,30,31,32);;/t19-,20+;;/m1../s1. The van der Waals surface area contributed by atoms with E-state index in [2.05, 4.69) is 5.32 Å². The van der Waals surface area contributed by atoms with Crippen molar-refractivity contribution in [2.24, 2.45) is 0 Å². The number of halogens is 2. The molecule has 0 fully saturated rings. The minimum atomic E-state index is -4.38. The molecule has 0 saturated carbocycles. The number of rotatable bonds is 7. The van der Waals surface area contributed by atoms with Gasteiger partial charge in [0.05, 0.1) is 11.1 Å². The Morgan fingerprint density at radius 3 is 2.41 bits per heavy atom. The molecule has 14 heteroatoms. The first-order chi connectivity index (χ1) is 16.7. The first-order valence-electron chi connectivity index (χ1n) is 10.6. The summed E-state index contributed by atoms with van der Waals surface area (Å²) in [5, 5.41) is 2.44. The first-order valence-corrected chi connectivity index (χ1v) is 12.5. The first kappa shape index (κ1) is 31.0. The number of fused-ring (bicyclic) bond motifs is 1. The Morgan fingerprint density at radius 1 is 1.16 bits per heavy atom. The van der Waals surface area contributed by atoms with Crippen LogP contribution in [0, 0.1) is 5.82 Å². The Hall–Kier alpha value is -2.22. The van der Waals surface area contributed by atoms with Crippen LogP contribution in [0.15, 0.2) is 36.4 Å². The van der Waals surface area contributed by atoms with Gasteiger partial charge < -0.3 is 19.5 Å². The second-order valence-electron chi connectivity index (χ2n) is 8.52. The van der Waals surface area contributed by atoms with E-state index in [0.717, 1.165) is 12.1 Å². The molecule has 0 bridgehead atoms. The fraction of sp³-hybridized carbons (Fsp3) is 0.348. The van der Waals surface area contributed by atoms with E-state index in [9.17, 15) is 27.2 Å². The van der Waals surface area contributed by atoms with Gasteiger partial charge in [0.25, 0.3) is 16.0 Å². The normalized spacial score (nSPS) is 17.9. The molecule has 3 rings (SSSR count). The summed E-state index contributed by atoms with van der Waals surface area (Å²) in [5.74, 6) is -2.20. The van der Waals surface area contributed by atoms with E-state index in [1.807, 2.05) is 0 Å². The van der Waals surface area contributed by atoms with Gasteiger partial charge in [-0.2, -0.15) is 8.42 Å². The fourth-order valence-corrected chi connectivity index (χ4v) is 4.08. The number of nitrogens with one attached hydrogen (secondary N) is 1. The zero-order valence-corrected chi connectivity index (χ0v) is 21.0. The molecule has 0 aromatic heterocycles. The van der Waals surface area contributed by atoms with Crippen LogP contribution in [0.25, 0.3) is 0 Å². The van der Waals surface area contributed by atoms with Crippen molar-refractivity contribution >= 4 is 69.1 Å². The van der Waals surface area contributed by atoms with Gasteiger partial charge >= 0.3 is 35.7 Å². The van der Waals surface area contributed by atoms with Gasteiger partial charge in [0, 0.05) is 16.7 Å². The molecule has 10 nitrogen and oxygen atoms in total. The van der Waals surface area contributed by atoms with Crippen molar-refractivity contribution in [2.45, 2.75) is 38.5 Å². The molecular formula is C23H24ClFNNaO9S. The molecular weight excluding hydrogens is 544 g/mol. The fourth-order valence-electron chi connectivity index (χ4n) is 3.60. The van der Waals surface area contributed by atoms with Crippen LogP contribution < -0.4 is 10.1 Å². The predicted octanol–water partition coefficient (Wildman–Crippen LogP) is 3.08. The SMILES string of the molecule is CC(=O)c1ccc2c(c1)[C@@H](NC(=O)c1ccc(F)c(Cl)c1)[C@H](OC(=O)OCCS(=O)(=O)O)C(C)(C)O2.[NaH]. The molecule has 2 atom stereocenters. The minimum absolute atomic E-state index is 0. The van der Waals surface area contributed by atoms with E-state index in [-0.39, 0.29) is 45.9 Å². The maximum atomic E-state index is 13.6. The van der Waals surface area contributed by atoms with Crippen molar-refractivity contribution in [3.63, 3.8) is 0 Å². The second-order valence-corrected chi connectivity index (χ2v) is 10.5. The molecule has 2 N–H and O–H groups in total. The molecule has 196 valence electrons. The van der Waals surface area contributed by atoms with Crippen molar-refractivity contribution in [1.82, 2.24) is 5.32 Å². The van der Waals surface area contributed by atoms with Crippen LogP contribution in [-0.2, 0) is 19.6 Å².